The Morgan fingerprint density at radius 1 is 1.03 bits per heavy atom. The summed E-state index contributed by atoms with van der Waals surface area (Å²) >= 11 is 0.872. The minimum absolute atomic E-state index is 0.0201. The SMILES string of the molecule is Cc1ccc(S(=O)(=O)N(C(=O)C(C)C)c2cc3sc(=O)oc3c3ccccc23)cc1. The van der Waals surface area contributed by atoms with Gasteiger partial charge in [0, 0.05) is 16.7 Å². The van der Waals surface area contributed by atoms with Crippen LogP contribution >= 0.6 is 11.3 Å². The largest absolute Gasteiger partial charge is 0.413 e. The van der Waals surface area contributed by atoms with Crippen molar-refractivity contribution in [2.75, 3.05) is 4.31 Å². The summed E-state index contributed by atoms with van der Waals surface area (Å²) in [6, 6.07) is 14.9. The van der Waals surface area contributed by atoms with Gasteiger partial charge >= 0.3 is 4.94 Å². The van der Waals surface area contributed by atoms with Crippen LogP contribution in [0.15, 0.2) is 68.7 Å². The Bertz CT molecular complexity index is 1430. The van der Waals surface area contributed by atoms with Crippen molar-refractivity contribution < 1.29 is 17.6 Å². The van der Waals surface area contributed by atoms with E-state index in [0.29, 0.717) is 21.1 Å². The van der Waals surface area contributed by atoms with E-state index in [-0.39, 0.29) is 10.6 Å². The van der Waals surface area contributed by atoms with Gasteiger partial charge in [0.25, 0.3) is 10.0 Å². The third-order valence-electron chi connectivity index (χ3n) is 4.79. The van der Waals surface area contributed by atoms with Crippen LogP contribution in [0.2, 0.25) is 0 Å². The normalized spacial score (nSPS) is 12.0. The highest BCUT2D eigenvalue weighted by Crippen LogP contribution is 2.38. The fraction of sp³-hybridized carbons (Fsp3) is 0.182. The molecule has 4 rings (SSSR count). The van der Waals surface area contributed by atoms with Crippen LogP contribution in [0.5, 0.6) is 0 Å². The number of nitrogens with zero attached hydrogens (tertiary/aromatic N) is 1. The highest BCUT2D eigenvalue weighted by Gasteiger charge is 2.34. The van der Waals surface area contributed by atoms with Crippen LogP contribution in [-0.2, 0) is 14.8 Å². The number of hydrogen-bond acceptors (Lipinski definition) is 6. The number of sulfonamides is 1. The molecule has 30 heavy (non-hydrogen) atoms. The minimum atomic E-state index is -4.19. The highest BCUT2D eigenvalue weighted by molar-refractivity contribution is 7.93. The summed E-state index contributed by atoms with van der Waals surface area (Å²) in [5.74, 6) is -1.13. The molecule has 0 aliphatic carbocycles. The Kier molecular flexibility index (Phi) is 4.99. The number of aryl methyl sites for hydroxylation is 1. The molecule has 0 spiro atoms. The number of carbonyl (C=O) groups is 1. The molecule has 0 radical (unpaired) electrons. The lowest BCUT2D eigenvalue weighted by atomic mass is 10.1. The second kappa shape index (κ2) is 7.37. The molecule has 0 atom stereocenters. The third-order valence-corrected chi connectivity index (χ3v) is 7.29. The van der Waals surface area contributed by atoms with Crippen LogP contribution in [0.4, 0.5) is 5.69 Å². The molecule has 0 N–H and O–H groups in total. The Labute approximate surface area is 177 Å². The molecule has 0 bridgehead atoms. The van der Waals surface area contributed by atoms with E-state index >= 15 is 0 Å². The summed E-state index contributed by atoms with van der Waals surface area (Å²) in [7, 11) is -4.19. The Hall–Kier alpha value is -2.97. The van der Waals surface area contributed by atoms with Gasteiger partial charge in [-0.25, -0.2) is 17.5 Å². The summed E-state index contributed by atoms with van der Waals surface area (Å²) < 4.78 is 33.9. The van der Waals surface area contributed by atoms with Crippen molar-refractivity contribution in [1.29, 1.82) is 0 Å². The lowest BCUT2D eigenvalue weighted by Crippen LogP contribution is -2.39. The second-order valence-electron chi connectivity index (χ2n) is 7.30. The number of carbonyl (C=O) groups excluding carboxylic acids is 1. The summed E-state index contributed by atoms with van der Waals surface area (Å²) in [5.41, 5.74) is 1.49. The van der Waals surface area contributed by atoms with Crippen LogP contribution in [-0.4, -0.2) is 14.3 Å². The summed E-state index contributed by atoms with van der Waals surface area (Å²) in [5, 5.41) is 1.08. The first kappa shape index (κ1) is 20.3. The first-order chi connectivity index (χ1) is 14.2. The van der Waals surface area contributed by atoms with E-state index in [9.17, 15) is 18.0 Å². The van der Waals surface area contributed by atoms with Crippen molar-refractivity contribution in [3.63, 3.8) is 0 Å². The monoisotopic (exact) mass is 441 g/mol. The van der Waals surface area contributed by atoms with E-state index in [1.54, 1.807) is 56.3 Å². The zero-order valence-corrected chi connectivity index (χ0v) is 18.2. The molecule has 0 fully saturated rings. The minimum Gasteiger partial charge on any atom is -0.413 e. The Morgan fingerprint density at radius 2 is 1.67 bits per heavy atom. The molecular formula is C22H19NO5S2. The number of hydrogen-bond donors (Lipinski definition) is 0. The van der Waals surface area contributed by atoms with Gasteiger partial charge in [-0.1, -0.05) is 67.1 Å². The molecule has 1 amide bonds. The van der Waals surface area contributed by atoms with Gasteiger partial charge in [-0.3, -0.25) is 4.79 Å². The van der Waals surface area contributed by atoms with E-state index < -0.39 is 26.8 Å². The number of rotatable bonds is 4. The quantitative estimate of drug-likeness (QED) is 0.459. The van der Waals surface area contributed by atoms with Crippen LogP contribution in [0.25, 0.3) is 21.1 Å². The number of benzene rings is 3. The number of amides is 1. The predicted octanol–water partition coefficient (Wildman–Crippen LogP) is 4.69. The maximum absolute atomic E-state index is 13.6. The van der Waals surface area contributed by atoms with Crippen LogP contribution in [0, 0.1) is 12.8 Å². The van der Waals surface area contributed by atoms with Crippen molar-refractivity contribution >= 4 is 54.0 Å². The zero-order valence-electron chi connectivity index (χ0n) is 16.6. The molecular weight excluding hydrogens is 422 g/mol. The molecule has 8 heteroatoms. The van der Waals surface area contributed by atoms with Gasteiger partial charge in [-0.2, -0.15) is 0 Å². The van der Waals surface area contributed by atoms with E-state index in [0.717, 1.165) is 21.2 Å². The standard InChI is InChI=1S/C22H19NO5S2/c1-13(2)21(24)23(30(26,27)15-10-8-14(3)9-11-15)18-12-19-20(28-22(25)29-19)17-7-5-4-6-16(17)18/h4-13H,1-3H3. The van der Waals surface area contributed by atoms with Gasteiger partial charge in [0.1, 0.15) is 0 Å². The van der Waals surface area contributed by atoms with E-state index in [1.165, 1.54) is 12.1 Å². The molecule has 6 nitrogen and oxygen atoms in total. The maximum Gasteiger partial charge on any atom is 0.396 e. The van der Waals surface area contributed by atoms with Gasteiger partial charge in [0.2, 0.25) is 5.91 Å². The number of anilines is 1. The zero-order chi connectivity index (χ0) is 21.6. The van der Waals surface area contributed by atoms with Crippen molar-refractivity contribution in [2.24, 2.45) is 5.92 Å². The topological polar surface area (TPSA) is 84.7 Å². The Balaban J connectivity index is 2.07. The number of fused-ring (bicyclic) bond motifs is 3. The molecule has 0 aliphatic rings. The van der Waals surface area contributed by atoms with Crippen LogP contribution in [0.1, 0.15) is 19.4 Å². The lowest BCUT2D eigenvalue weighted by Gasteiger charge is -2.25. The molecule has 3 aromatic carbocycles. The molecule has 154 valence electrons. The molecule has 1 heterocycles. The van der Waals surface area contributed by atoms with Crippen LogP contribution in [0.3, 0.4) is 0 Å². The molecule has 0 saturated carbocycles. The fourth-order valence-electron chi connectivity index (χ4n) is 3.26. The Morgan fingerprint density at radius 3 is 2.30 bits per heavy atom. The van der Waals surface area contributed by atoms with Crippen molar-refractivity contribution in [2.45, 2.75) is 25.7 Å². The molecule has 0 aliphatic heterocycles. The highest BCUT2D eigenvalue weighted by atomic mass is 32.2. The molecule has 0 saturated heterocycles. The van der Waals surface area contributed by atoms with E-state index in [4.69, 9.17) is 4.42 Å². The molecule has 0 unspecified atom stereocenters. The van der Waals surface area contributed by atoms with Crippen LogP contribution < -0.4 is 9.24 Å². The average molecular weight is 442 g/mol. The summed E-state index contributed by atoms with van der Waals surface area (Å²) in [6.45, 7) is 5.16. The fourth-order valence-corrected chi connectivity index (χ4v) is 5.53. The van der Waals surface area contributed by atoms with Crippen molar-refractivity contribution in [3.8, 4) is 0 Å². The smallest absolute Gasteiger partial charge is 0.396 e. The van der Waals surface area contributed by atoms with E-state index in [1.807, 2.05) is 6.92 Å². The third kappa shape index (κ3) is 3.32. The van der Waals surface area contributed by atoms with E-state index in [2.05, 4.69) is 0 Å². The predicted molar refractivity (Wildman–Crippen MR) is 119 cm³/mol. The van der Waals surface area contributed by atoms with Gasteiger partial charge in [-0.05, 0) is 25.1 Å². The lowest BCUT2D eigenvalue weighted by molar-refractivity contribution is -0.120. The molecule has 4 aromatic rings. The van der Waals surface area contributed by atoms with Crippen molar-refractivity contribution in [1.82, 2.24) is 0 Å². The molecule has 1 aromatic heterocycles. The van der Waals surface area contributed by atoms with Gasteiger partial charge in [0.15, 0.2) is 5.58 Å². The first-order valence-electron chi connectivity index (χ1n) is 9.31. The maximum atomic E-state index is 13.6. The average Bonchev–Trinajstić information content (AvgIpc) is 3.08. The van der Waals surface area contributed by atoms with Gasteiger partial charge in [0.05, 0.1) is 15.3 Å². The van der Waals surface area contributed by atoms with Gasteiger partial charge in [-0.15, -0.1) is 0 Å². The van der Waals surface area contributed by atoms with Crippen molar-refractivity contribution in [3.05, 3.63) is 69.9 Å². The second-order valence-corrected chi connectivity index (χ2v) is 10.1. The summed E-state index contributed by atoms with van der Waals surface area (Å²) in [6.07, 6.45) is 0. The first-order valence-corrected chi connectivity index (χ1v) is 11.6. The summed E-state index contributed by atoms with van der Waals surface area (Å²) in [4.78, 5) is 24.6. The van der Waals surface area contributed by atoms with Gasteiger partial charge < -0.3 is 4.42 Å².